The van der Waals surface area contributed by atoms with E-state index in [1.807, 2.05) is 0 Å². The van der Waals surface area contributed by atoms with Crippen LogP contribution in [0.1, 0.15) is 0 Å². The number of aryl methyl sites for hydroxylation is 1. The van der Waals surface area contributed by atoms with Crippen molar-refractivity contribution >= 4 is 11.6 Å². The lowest BCUT2D eigenvalue weighted by Crippen LogP contribution is -1.84. The number of aromatic nitrogens is 4. The summed E-state index contributed by atoms with van der Waals surface area (Å²) in [4.78, 5) is 0. The molecule has 0 saturated carbocycles. The molecule has 68 valence electrons. The molecule has 0 fully saturated rings. The second kappa shape index (κ2) is 2.85. The second-order valence-corrected chi connectivity index (χ2v) is 2.98. The number of nitrogens with one attached hydrogen (secondary N) is 1. The molecule has 6 heteroatoms. The van der Waals surface area contributed by atoms with Crippen LogP contribution in [0.4, 0.5) is 4.39 Å². The molecule has 13 heavy (non-hydrogen) atoms. The number of halogens is 2. The van der Waals surface area contributed by atoms with Crippen molar-refractivity contribution in [2.75, 3.05) is 0 Å². The van der Waals surface area contributed by atoms with Gasteiger partial charge in [-0.15, -0.1) is 0 Å². The third kappa shape index (κ3) is 1.31. The molecular weight excluding hydrogens is 195 g/mol. The minimum atomic E-state index is -0.547. The van der Waals surface area contributed by atoms with E-state index >= 15 is 0 Å². The third-order valence-corrected chi connectivity index (χ3v) is 1.90. The van der Waals surface area contributed by atoms with E-state index < -0.39 is 5.82 Å². The quantitative estimate of drug-likeness (QED) is 0.760. The standard InChI is InChI=1S/C7H6ClFN4/c1-13-3-4(2-10-13)6-5(9)7(8)12-11-6/h2-3H,1H3,(H,11,12). The largest absolute Gasteiger partial charge is 0.275 e. The number of aromatic amines is 1. The van der Waals surface area contributed by atoms with Crippen molar-refractivity contribution in [3.8, 4) is 11.3 Å². The summed E-state index contributed by atoms with van der Waals surface area (Å²) in [6.45, 7) is 0. The van der Waals surface area contributed by atoms with E-state index in [0.717, 1.165) is 0 Å². The lowest BCUT2D eigenvalue weighted by molar-refractivity contribution is 0.632. The van der Waals surface area contributed by atoms with E-state index in [-0.39, 0.29) is 10.8 Å². The van der Waals surface area contributed by atoms with Crippen LogP contribution in [-0.2, 0) is 7.05 Å². The summed E-state index contributed by atoms with van der Waals surface area (Å²) in [7, 11) is 1.75. The topological polar surface area (TPSA) is 46.5 Å². The van der Waals surface area contributed by atoms with Crippen LogP contribution < -0.4 is 0 Å². The van der Waals surface area contributed by atoms with Gasteiger partial charge in [0.05, 0.1) is 6.20 Å². The zero-order valence-corrected chi connectivity index (χ0v) is 7.51. The zero-order chi connectivity index (χ0) is 9.42. The Morgan fingerprint density at radius 2 is 2.38 bits per heavy atom. The van der Waals surface area contributed by atoms with Gasteiger partial charge < -0.3 is 0 Å². The lowest BCUT2D eigenvalue weighted by Gasteiger charge is -1.87. The Labute approximate surface area is 78.3 Å². The van der Waals surface area contributed by atoms with E-state index in [0.29, 0.717) is 5.56 Å². The van der Waals surface area contributed by atoms with Gasteiger partial charge in [0.1, 0.15) is 5.69 Å². The van der Waals surface area contributed by atoms with Gasteiger partial charge in [-0.2, -0.15) is 10.2 Å². The molecule has 0 atom stereocenters. The van der Waals surface area contributed by atoms with Gasteiger partial charge in [0.25, 0.3) is 0 Å². The van der Waals surface area contributed by atoms with Gasteiger partial charge >= 0.3 is 0 Å². The molecule has 2 aromatic heterocycles. The zero-order valence-electron chi connectivity index (χ0n) is 6.75. The van der Waals surface area contributed by atoms with E-state index in [9.17, 15) is 4.39 Å². The van der Waals surface area contributed by atoms with Gasteiger partial charge in [0.15, 0.2) is 11.0 Å². The highest BCUT2D eigenvalue weighted by Crippen LogP contribution is 2.23. The summed E-state index contributed by atoms with van der Waals surface area (Å²) in [5.74, 6) is -0.547. The molecule has 0 aromatic carbocycles. The van der Waals surface area contributed by atoms with Crippen molar-refractivity contribution in [3.05, 3.63) is 23.4 Å². The smallest absolute Gasteiger partial charge is 0.187 e. The Bertz CT molecular complexity index is 433. The first-order valence-corrected chi connectivity index (χ1v) is 3.94. The summed E-state index contributed by atoms with van der Waals surface area (Å²) < 4.78 is 14.8. The molecule has 0 radical (unpaired) electrons. The summed E-state index contributed by atoms with van der Waals surface area (Å²) in [6, 6.07) is 0. The van der Waals surface area contributed by atoms with E-state index in [1.165, 1.54) is 6.20 Å². The number of hydrogen-bond acceptors (Lipinski definition) is 2. The van der Waals surface area contributed by atoms with Crippen LogP contribution in [0.2, 0.25) is 5.15 Å². The van der Waals surface area contributed by atoms with Crippen molar-refractivity contribution in [3.63, 3.8) is 0 Å². The van der Waals surface area contributed by atoms with Crippen molar-refractivity contribution in [2.45, 2.75) is 0 Å². The lowest BCUT2D eigenvalue weighted by atomic mass is 10.2. The van der Waals surface area contributed by atoms with E-state index in [4.69, 9.17) is 11.6 Å². The molecule has 0 aliphatic heterocycles. The van der Waals surface area contributed by atoms with Crippen molar-refractivity contribution in [2.24, 2.45) is 7.05 Å². The van der Waals surface area contributed by atoms with Crippen molar-refractivity contribution < 1.29 is 4.39 Å². The second-order valence-electron chi connectivity index (χ2n) is 2.60. The van der Waals surface area contributed by atoms with E-state index in [1.54, 1.807) is 17.9 Å². The molecule has 0 aliphatic rings. The molecule has 0 unspecified atom stereocenters. The predicted molar refractivity (Wildman–Crippen MR) is 45.8 cm³/mol. The van der Waals surface area contributed by atoms with Crippen LogP contribution in [0, 0.1) is 5.82 Å². The molecule has 4 nitrogen and oxygen atoms in total. The third-order valence-electron chi connectivity index (χ3n) is 1.64. The Hall–Kier alpha value is -1.36. The first kappa shape index (κ1) is 8.25. The van der Waals surface area contributed by atoms with Gasteiger partial charge in [-0.05, 0) is 0 Å². The molecule has 2 heterocycles. The summed E-state index contributed by atoms with van der Waals surface area (Å²) >= 11 is 5.47. The maximum atomic E-state index is 13.2. The Balaban J connectivity index is 2.52. The highest BCUT2D eigenvalue weighted by atomic mass is 35.5. The summed E-state index contributed by atoms with van der Waals surface area (Å²) in [5.41, 5.74) is 0.793. The van der Waals surface area contributed by atoms with Gasteiger partial charge in [-0.3, -0.25) is 9.78 Å². The first-order chi connectivity index (χ1) is 6.18. The van der Waals surface area contributed by atoms with Crippen LogP contribution in [0.3, 0.4) is 0 Å². The number of H-pyrrole nitrogens is 1. The molecule has 0 bridgehead atoms. The summed E-state index contributed by atoms with van der Waals surface area (Å²) in [5, 5.41) is 9.87. The highest BCUT2D eigenvalue weighted by Gasteiger charge is 2.13. The first-order valence-electron chi connectivity index (χ1n) is 3.57. The van der Waals surface area contributed by atoms with Gasteiger partial charge in [-0.1, -0.05) is 11.6 Å². The van der Waals surface area contributed by atoms with Gasteiger partial charge in [-0.25, -0.2) is 4.39 Å². The molecule has 0 amide bonds. The molecule has 0 spiro atoms. The maximum Gasteiger partial charge on any atom is 0.187 e. The minimum Gasteiger partial charge on any atom is -0.275 e. The average molecular weight is 201 g/mol. The number of rotatable bonds is 1. The molecule has 0 saturated heterocycles. The fourth-order valence-corrected chi connectivity index (χ4v) is 1.17. The monoisotopic (exact) mass is 200 g/mol. The van der Waals surface area contributed by atoms with Crippen LogP contribution in [0.25, 0.3) is 11.3 Å². The van der Waals surface area contributed by atoms with Crippen LogP contribution in [0.15, 0.2) is 12.4 Å². The van der Waals surface area contributed by atoms with Crippen LogP contribution >= 0.6 is 11.6 Å². The van der Waals surface area contributed by atoms with Crippen LogP contribution in [0.5, 0.6) is 0 Å². The molecule has 2 rings (SSSR count). The Morgan fingerprint density at radius 1 is 1.62 bits per heavy atom. The van der Waals surface area contributed by atoms with Gasteiger partial charge in [0.2, 0.25) is 0 Å². The predicted octanol–water partition coefficient (Wildman–Crippen LogP) is 1.60. The maximum absolute atomic E-state index is 13.2. The van der Waals surface area contributed by atoms with Crippen LogP contribution in [-0.4, -0.2) is 20.0 Å². The molecular formula is C7H6ClFN4. The SMILES string of the molecule is Cn1cc(-c2n[nH]c(Cl)c2F)cn1. The van der Waals surface area contributed by atoms with Crippen molar-refractivity contribution in [1.82, 2.24) is 20.0 Å². The summed E-state index contributed by atoms with van der Waals surface area (Å²) in [6.07, 6.45) is 3.19. The normalized spacial score (nSPS) is 10.7. The van der Waals surface area contributed by atoms with Gasteiger partial charge in [0, 0.05) is 18.8 Å². The molecule has 1 N–H and O–H groups in total. The molecule has 2 aromatic rings. The Morgan fingerprint density at radius 3 is 2.85 bits per heavy atom. The Kier molecular flexibility index (Phi) is 1.81. The van der Waals surface area contributed by atoms with Crippen molar-refractivity contribution in [1.29, 1.82) is 0 Å². The fraction of sp³-hybridized carbons (Fsp3) is 0.143. The minimum absolute atomic E-state index is 0.0844. The highest BCUT2D eigenvalue weighted by molar-refractivity contribution is 6.29. The fourth-order valence-electron chi connectivity index (χ4n) is 1.04. The molecule has 0 aliphatic carbocycles. The number of nitrogens with zero attached hydrogens (tertiary/aromatic N) is 3. The van der Waals surface area contributed by atoms with E-state index in [2.05, 4.69) is 15.3 Å². The average Bonchev–Trinajstić information content (AvgIpc) is 2.62. The number of hydrogen-bond donors (Lipinski definition) is 1.